The number of aryl methyl sites for hydroxylation is 1. The second-order valence-corrected chi connectivity index (χ2v) is 6.78. The minimum absolute atomic E-state index is 0.0462. The fourth-order valence-corrected chi connectivity index (χ4v) is 3.68. The highest BCUT2D eigenvalue weighted by atomic mass is 16.7. The summed E-state index contributed by atoms with van der Waals surface area (Å²) in [6, 6.07) is 11.1. The molecule has 2 aromatic rings. The van der Waals surface area contributed by atoms with Crippen LogP contribution in [0, 0.1) is 5.92 Å². The van der Waals surface area contributed by atoms with Gasteiger partial charge in [0.2, 0.25) is 12.7 Å². The average molecular weight is 368 g/mol. The lowest BCUT2D eigenvalue weighted by Crippen LogP contribution is -2.30. The Kier molecular flexibility index (Phi) is 4.66. The number of carbonyl (C=O) groups is 2. The van der Waals surface area contributed by atoms with Crippen molar-refractivity contribution in [2.24, 2.45) is 5.92 Å². The number of aliphatic carboxylic acids is 1. The Balaban J connectivity index is 1.47. The summed E-state index contributed by atoms with van der Waals surface area (Å²) in [5, 5.41) is 9.64. The van der Waals surface area contributed by atoms with Crippen molar-refractivity contribution >= 4 is 11.9 Å². The Bertz CT molecular complexity index is 855. The zero-order valence-corrected chi connectivity index (χ0v) is 14.7. The van der Waals surface area contributed by atoms with E-state index >= 15 is 0 Å². The highest BCUT2D eigenvalue weighted by molar-refractivity contribution is 5.80. The van der Waals surface area contributed by atoms with Gasteiger partial charge in [-0.25, -0.2) is 0 Å². The molecule has 1 fully saturated rings. The van der Waals surface area contributed by atoms with E-state index in [1.807, 2.05) is 30.3 Å². The first-order valence-electron chi connectivity index (χ1n) is 8.92. The molecule has 1 saturated heterocycles. The van der Waals surface area contributed by atoms with Gasteiger partial charge in [-0.3, -0.25) is 14.6 Å². The molecule has 2 aliphatic rings. The molecule has 0 saturated carbocycles. The van der Waals surface area contributed by atoms with Gasteiger partial charge in [-0.2, -0.15) is 0 Å². The smallest absolute Gasteiger partial charge is 0.308 e. The minimum Gasteiger partial charge on any atom is -0.481 e. The number of carboxylic acid groups (broad SMARTS) is 1. The molecule has 0 radical (unpaired) electrons. The standard InChI is InChI=1S/C20H20N2O5/c23-19(7-5-14-3-1-2-8-21-14)22-10-15(16(11-22)20(24)25)13-4-6-17-18(9-13)27-12-26-17/h1-4,6,8-9,15-16H,5,7,10-12H2,(H,24,25)/t15-,16+/m0/s1. The lowest BCUT2D eigenvalue weighted by Gasteiger charge is -2.17. The molecule has 27 heavy (non-hydrogen) atoms. The molecule has 1 amide bonds. The summed E-state index contributed by atoms with van der Waals surface area (Å²) in [6.45, 7) is 0.775. The summed E-state index contributed by atoms with van der Waals surface area (Å²) in [7, 11) is 0. The van der Waals surface area contributed by atoms with Crippen molar-refractivity contribution in [3.8, 4) is 11.5 Å². The summed E-state index contributed by atoms with van der Waals surface area (Å²) >= 11 is 0. The van der Waals surface area contributed by atoms with Crippen LogP contribution in [-0.4, -0.2) is 46.7 Å². The summed E-state index contributed by atoms with van der Waals surface area (Å²) in [5.74, 6) is -0.559. The Morgan fingerprint density at radius 1 is 1.15 bits per heavy atom. The quantitative estimate of drug-likeness (QED) is 0.869. The summed E-state index contributed by atoms with van der Waals surface area (Å²) in [4.78, 5) is 30.2. The SMILES string of the molecule is O=C(O)[C@@H]1CN(C(=O)CCc2ccccn2)C[C@H]1c1ccc2c(c1)OCO2. The van der Waals surface area contributed by atoms with Gasteiger partial charge in [-0.15, -0.1) is 0 Å². The van der Waals surface area contributed by atoms with Gasteiger partial charge in [0.15, 0.2) is 11.5 Å². The topological polar surface area (TPSA) is 89.0 Å². The van der Waals surface area contributed by atoms with Crippen molar-refractivity contribution in [3.05, 3.63) is 53.9 Å². The Morgan fingerprint density at radius 2 is 2.00 bits per heavy atom. The van der Waals surface area contributed by atoms with Crippen LogP contribution in [0.2, 0.25) is 0 Å². The number of hydrogen-bond acceptors (Lipinski definition) is 5. The second-order valence-electron chi connectivity index (χ2n) is 6.78. The van der Waals surface area contributed by atoms with Crippen LogP contribution in [0.25, 0.3) is 0 Å². The predicted octanol–water partition coefficient (Wildman–Crippen LogP) is 2.07. The highest BCUT2D eigenvalue weighted by Crippen LogP contribution is 2.39. The average Bonchev–Trinajstić information content (AvgIpc) is 3.33. The van der Waals surface area contributed by atoms with Gasteiger partial charge in [-0.05, 0) is 36.2 Å². The van der Waals surface area contributed by atoms with Crippen molar-refractivity contribution in [2.45, 2.75) is 18.8 Å². The highest BCUT2D eigenvalue weighted by Gasteiger charge is 2.40. The number of pyridine rings is 1. The number of rotatable bonds is 5. The molecule has 140 valence electrons. The van der Waals surface area contributed by atoms with Crippen molar-refractivity contribution in [1.82, 2.24) is 9.88 Å². The molecule has 0 aliphatic carbocycles. The number of carboxylic acids is 1. The third-order valence-corrected chi connectivity index (χ3v) is 5.14. The van der Waals surface area contributed by atoms with E-state index in [2.05, 4.69) is 4.98 Å². The first-order chi connectivity index (χ1) is 13.1. The number of benzene rings is 1. The number of fused-ring (bicyclic) bond motifs is 1. The van der Waals surface area contributed by atoms with Crippen molar-refractivity contribution in [2.75, 3.05) is 19.9 Å². The van der Waals surface area contributed by atoms with Crippen LogP contribution >= 0.6 is 0 Å². The zero-order valence-electron chi connectivity index (χ0n) is 14.7. The molecule has 1 aromatic heterocycles. The second kappa shape index (κ2) is 7.26. The third kappa shape index (κ3) is 3.58. The predicted molar refractivity (Wildman–Crippen MR) is 95.6 cm³/mol. The zero-order chi connectivity index (χ0) is 18.8. The fourth-order valence-electron chi connectivity index (χ4n) is 3.68. The first kappa shape index (κ1) is 17.3. The van der Waals surface area contributed by atoms with E-state index in [1.165, 1.54) is 0 Å². The van der Waals surface area contributed by atoms with Gasteiger partial charge in [-0.1, -0.05) is 12.1 Å². The molecule has 2 atom stereocenters. The van der Waals surface area contributed by atoms with Gasteiger partial charge in [0.05, 0.1) is 5.92 Å². The number of aromatic nitrogens is 1. The van der Waals surface area contributed by atoms with E-state index in [1.54, 1.807) is 17.2 Å². The van der Waals surface area contributed by atoms with Gasteiger partial charge in [0.25, 0.3) is 0 Å². The molecule has 1 N–H and O–H groups in total. The molecule has 7 nitrogen and oxygen atoms in total. The van der Waals surface area contributed by atoms with Crippen molar-refractivity contribution in [3.63, 3.8) is 0 Å². The van der Waals surface area contributed by atoms with E-state index in [9.17, 15) is 14.7 Å². The van der Waals surface area contributed by atoms with E-state index in [0.717, 1.165) is 11.3 Å². The largest absolute Gasteiger partial charge is 0.481 e. The summed E-state index contributed by atoms with van der Waals surface area (Å²) in [6.07, 6.45) is 2.56. The normalized spacial score (nSPS) is 20.7. The maximum Gasteiger partial charge on any atom is 0.308 e. The molecule has 1 aromatic carbocycles. The Hall–Kier alpha value is -3.09. The lowest BCUT2D eigenvalue weighted by atomic mass is 9.89. The fraction of sp³-hybridized carbons (Fsp3) is 0.350. The van der Waals surface area contributed by atoms with E-state index in [0.29, 0.717) is 30.9 Å². The number of nitrogens with zero attached hydrogens (tertiary/aromatic N) is 2. The van der Waals surface area contributed by atoms with Crippen LogP contribution in [0.5, 0.6) is 11.5 Å². The molecular formula is C20H20N2O5. The van der Waals surface area contributed by atoms with E-state index in [-0.39, 0.29) is 25.2 Å². The summed E-state index contributed by atoms with van der Waals surface area (Å²) < 4.78 is 10.7. The van der Waals surface area contributed by atoms with Gasteiger partial charge in [0.1, 0.15) is 0 Å². The molecule has 0 bridgehead atoms. The Morgan fingerprint density at radius 3 is 2.78 bits per heavy atom. The molecule has 0 spiro atoms. The van der Waals surface area contributed by atoms with E-state index < -0.39 is 11.9 Å². The van der Waals surface area contributed by atoms with Crippen LogP contribution in [0.15, 0.2) is 42.6 Å². The number of ether oxygens (including phenoxy) is 2. The van der Waals surface area contributed by atoms with Crippen LogP contribution in [0.1, 0.15) is 23.6 Å². The van der Waals surface area contributed by atoms with Crippen LogP contribution in [0.3, 0.4) is 0 Å². The van der Waals surface area contributed by atoms with Gasteiger partial charge >= 0.3 is 5.97 Å². The molecule has 2 aliphatic heterocycles. The number of hydrogen-bond donors (Lipinski definition) is 1. The van der Waals surface area contributed by atoms with Gasteiger partial charge < -0.3 is 19.5 Å². The summed E-state index contributed by atoms with van der Waals surface area (Å²) in [5.41, 5.74) is 1.71. The van der Waals surface area contributed by atoms with Gasteiger partial charge in [0, 0.05) is 37.3 Å². The van der Waals surface area contributed by atoms with Crippen LogP contribution in [0.4, 0.5) is 0 Å². The molecule has 7 heteroatoms. The lowest BCUT2D eigenvalue weighted by molar-refractivity contribution is -0.141. The molecule has 3 heterocycles. The van der Waals surface area contributed by atoms with Crippen molar-refractivity contribution in [1.29, 1.82) is 0 Å². The first-order valence-corrected chi connectivity index (χ1v) is 8.92. The third-order valence-electron chi connectivity index (χ3n) is 5.14. The van der Waals surface area contributed by atoms with Crippen LogP contribution < -0.4 is 9.47 Å². The molecule has 4 rings (SSSR count). The molecular weight excluding hydrogens is 348 g/mol. The Labute approximate surface area is 156 Å². The molecule has 0 unspecified atom stereocenters. The monoisotopic (exact) mass is 368 g/mol. The van der Waals surface area contributed by atoms with Crippen molar-refractivity contribution < 1.29 is 24.2 Å². The number of amides is 1. The van der Waals surface area contributed by atoms with E-state index in [4.69, 9.17) is 9.47 Å². The van der Waals surface area contributed by atoms with Crippen LogP contribution in [-0.2, 0) is 16.0 Å². The maximum atomic E-state index is 12.6. The number of carbonyl (C=O) groups excluding carboxylic acids is 1. The maximum absolute atomic E-state index is 12.6. The number of likely N-dealkylation sites (tertiary alicyclic amines) is 1. The minimum atomic E-state index is -0.891.